The summed E-state index contributed by atoms with van der Waals surface area (Å²) in [5.41, 5.74) is 0. The van der Waals surface area contributed by atoms with Crippen molar-refractivity contribution in [1.82, 2.24) is 14.9 Å². The summed E-state index contributed by atoms with van der Waals surface area (Å²) in [6, 6.07) is 0. The van der Waals surface area contributed by atoms with E-state index in [1.165, 1.54) is 5.06 Å². The molecule has 12 heavy (non-hydrogen) atoms. The summed E-state index contributed by atoms with van der Waals surface area (Å²) < 4.78 is 0. The van der Waals surface area contributed by atoms with Gasteiger partial charge in [-0.25, -0.2) is 0 Å². The first-order chi connectivity index (χ1) is 5.68. The van der Waals surface area contributed by atoms with Crippen molar-refractivity contribution in [3.8, 4) is 0 Å². The Balaban J connectivity index is 2.36. The zero-order valence-corrected chi connectivity index (χ0v) is 8.03. The number of hydrogen-bond donors (Lipinski definition) is 1. The highest BCUT2D eigenvalue weighted by Gasteiger charge is 2.09. The molecule has 1 aliphatic rings. The van der Waals surface area contributed by atoms with E-state index < -0.39 is 0 Å². The Morgan fingerprint density at radius 3 is 1.50 bits per heavy atom. The second-order valence-electron chi connectivity index (χ2n) is 3.56. The highest BCUT2D eigenvalue weighted by molar-refractivity contribution is 4.62. The molecule has 0 radical (unpaired) electrons. The normalized spacial score (nSPS) is 26.2. The summed E-state index contributed by atoms with van der Waals surface area (Å²) in [6.07, 6.45) is 0. The maximum Gasteiger partial charge on any atom is 0.0366 e. The molecule has 1 saturated heterocycles. The largest absolute Gasteiger partial charge is 0.314 e. The van der Waals surface area contributed by atoms with Gasteiger partial charge in [-0.3, -0.25) is 0 Å². The van der Waals surface area contributed by atoms with Gasteiger partial charge in [-0.15, -0.1) is 0 Å². The molecule has 0 amide bonds. The van der Waals surface area contributed by atoms with Gasteiger partial charge in [-0.2, -0.15) is 5.06 Å². The quantitative estimate of drug-likeness (QED) is 0.537. The van der Waals surface area contributed by atoms with Gasteiger partial charge in [0.15, 0.2) is 0 Å². The summed E-state index contributed by atoms with van der Waals surface area (Å²) in [5, 5.41) is 10.8. The van der Waals surface area contributed by atoms with E-state index in [1.807, 2.05) is 0 Å². The van der Waals surface area contributed by atoms with Crippen LogP contribution in [0.25, 0.3) is 0 Å². The molecule has 0 aromatic rings. The van der Waals surface area contributed by atoms with E-state index in [4.69, 9.17) is 0 Å². The average Bonchev–Trinajstić information content (AvgIpc) is 2.11. The van der Waals surface area contributed by atoms with Gasteiger partial charge in [0.05, 0.1) is 0 Å². The predicted molar refractivity (Wildman–Crippen MR) is 48.4 cm³/mol. The Hall–Kier alpha value is -0.160. The van der Waals surface area contributed by atoms with Gasteiger partial charge in [0.25, 0.3) is 0 Å². The summed E-state index contributed by atoms with van der Waals surface area (Å²) >= 11 is 0. The fraction of sp³-hybridized carbons (Fsp3) is 1.00. The van der Waals surface area contributed by atoms with Crippen molar-refractivity contribution >= 4 is 0 Å². The monoisotopic (exact) mass is 173 g/mol. The second kappa shape index (κ2) is 4.77. The number of likely N-dealkylation sites (N-methyl/N-ethyl adjacent to an activating group) is 2. The minimum absolute atomic E-state index is 0.754. The van der Waals surface area contributed by atoms with Crippen LogP contribution in [-0.2, 0) is 0 Å². The first-order valence-corrected chi connectivity index (χ1v) is 4.49. The Morgan fingerprint density at radius 2 is 1.08 bits per heavy atom. The summed E-state index contributed by atoms with van der Waals surface area (Å²) in [7, 11) is 4.18. The molecule has 0 atom stereocenters. The number of nitrogens with zero attached hydrogens (tertiary/aromatic N) is 3. The number of hydrogen-bond acceptors (Lipinski definition) is 4. The third-order valence-electron chi connectivity index (χ3n) is 2.34. The van der Waals surface area contributed by atoms with Crippen molar-refractivity contribution in [3.05, 3.63) is 0 Å². The molecule has 1 heterocycles. The molecule has 0 aromatic heterocycles. The summed E-state index contributed by atoms with van der Waals surface area (Å²) in [5.74, 6) is 0. The molecular formula is C8H19N3O. The van der Waals surface area contributed by atoms with Gasteiger partial charge in [0.2, 0.25) is 0 Å². The second-order valence-corrected chi connectivity index (χ2v) is 3.56. The van der Waals surface area contributed by atoms with Crippen molar-refractivity contribution in [2.75, 3.05) is 53.4 Å². The van der Waals surface area contributed by atoms with E-state index in [1.54, 1.807) is 0 Å². The molecule has 1 rings (SSSR count). The molecule has 1 N–H and O–H groups in total. The van der Waals surface area contributed by atoms with Crippen molar-refractivity contribution in [1.29, 1.82) is 0 Å². The first kappa shape index (κ1) is 9.92. The number of rotatable bonds is 0. The van der Waals surface area contributed by atoms with E-state index in [-0.39, 0.29) is 0 Å². The smallest absolute Gasteiger partial charge is 0.0366 e. The van der Waals surface area contributed by atoms with Crippen LogP contribution in [0.3, 0.4) is 0 Å². The molecule has 1 aliphatic heterocycles. The molecule has 4 nitrogen and oxygen atoms in total. The fourth-order valence-electron chi connectivity index (χ4n) is 1.25. The summed E-state index contributed by atoms with van der Waals surface area (Å²) in [6.45, 7) is 5.58. The van der Waals surface area contributed by atoms with Crippen molar-refractivity contribution in [2.24, 2.45) is 0 Å². The molecule has 0 bridgehead atoms. The van der Waals surface area contributed by atoms with Crippen LogP contribution in [0.15, 0.2) is 0 Å². The van der Waals surface area contributed by atoms with Crippen LogP contribution in [-0.4, -0.2) is 73.4 Å². The van der Waals surface area contributed by atoms with Gasteiger partial charge in [-0.05, 0) is 14.1 Å². The summed E-state index contributed by atoms with van der Waals surface area (Å²) in [4.78, 5) is 4.48. The van der Waals surface area contributed by atoms with E-state index in [2.05, 4.69) is 23.9 Å². The molecule has 4 heteroatoms. The van der Waals surface area contributed by atoms with Gasteiger partial charge in [-0.1, -0.05) is 0 Å². The van der Waals surface area contributed by atoms with E-state index in [0.29, 0.717) is 0 Å². The topological polar surface area (TPSA) is 30.0 Å². The van der Waals surface area contributed by atoms with Crippen LogP contribution in [0.2, 0.25) is 0 Å². The van der Waals surface area contributed by atoms with E-state index in [9.17, 15) is 5.21 Å². The fourth-order valence-corrected chi connectivity index (χ4v) is 1.25. The van der Waals surface area contributed by atoms with Crippen LogP contribution in [0, 0.1) is 0 Å². The zero-order valence-electron chi connectivity index (χ0n) is 8.03. The van der Waals surface area contributed by atoms with Crippen molar-refractivity contribution in [3.63, 3.8) is 0 Å². The maximum atomic E-state index is 9.35. The molecule has 0 aliphatic carbocycles. The maximum absolute atomic E-state index is 9.35. The molecule has 0 spiro atoms. The lowest BCUT2D eigenvalue weighted by Crippen LogP contribution is -2.31. The lowest BCUT2D eigenvalue weighted by molar-refractivity contribution is -0.0936. The van der Waals surface area contributed by atoms with E-state index >= 15 is 0 Å². The first-order valence-electron chi connectivity index (χ1n) is 4.49. The number of hydroxylamine groups is 2. The Kier molecular flexibility index (Phi) is 3.94. The molecule has 72 valence electrons. The lowest BCUT2D eigenvalue weighted by atomic mass is 10.5. The van der Waals surface area contributed by atoms with Crippen LogP contribution >= 0.6 is 0 Å². The zero-order chi connectivity index (χ0) is 8.97. The average molecular weight is 173 g/mol. The minimum Gasteiger partial charge on any atom is -0.314 e. The van der Waals surface area contributed by atoms with Crippen LogP contribution in [0.5, 0.6) is 0 Å². The molecule has 0 saturated carbocycles. The Morgan fingerprint density at radius 1 is 0.750 bits per heavy atom. The van der Waals surface area contributed by atoms with Crippen molar-refractivity contribution in [2.45, 2.75) is 0 Å². The van der Waals surface area contributed by atoms with Crippen LogP contribution < -0.4 is 0 Å². The van der Waals surface area contributed by atoms with Crippen molar-refractivity contribution < 1.29 is 5.21 Å². The SMILES string of the molecule is CN1CCN(C)CCN(O)CC1. The standard InChI is InChI=1S/C8H19N3O/c1-9-3-4-10(2)6-8-11(12)7-5-9/h12H,3-8H2,1-2H3. The lowest BCUT2D eigenvalue weighted by Gasteiger charge is -2.18. The third-order valence-corrected chi connectivity index (χ3v) is 2.34. The molecule has 1 fully saturated rings. The molecule has 0 aromatic carbocycles. The predicted octanol–water partition coefficient (Wildman–Crippen LogP) is -0.445. The van der Waals surface area contributed by atoms with Gasteiger partial charge >= 0.3 is 0 Å². The Labute approximate surface area is 74.3 Å². The highest BCUT2D eigenvalue weighted by Crippen LogP contribution is 1.93. The molecular weight excluding hydrogens is 154 g/mol. The van der Waals surface area contributed by atoms with Crippen LogP contribution in [0.1, 0.15) is 0 Å². The highest BCUT2D eigenvalue weighted by atomic mass is 16.5. The van der Waals surface area contributed by atoms with Gasteiger partial charge in [0.1, 0.15) is 0 Å². The van der Waals surface area contributed by atoms with E-state index in [0.717, 1.165) is 39.3 Å². The minimum atomic E-state index is 0.754. The van der Waals surface area contributed by atoms with Gasteiger partial charge < -0.3 is 15.0 Å². The third kappa shape index (κ3) is 3.49. The van der Waals surface area contributed by atoms with Crippen LogP contribution in [0.4, 0.5) is 0 Å². The molecule has 0 unspecified atom stereocenters. The van der Waals surface area contributed by atoms with Gasteiger partial charge in [0, 0.05) is 39.3 Å². The Bertz CT molecular complexity index is 95.7.